The van der Waals surface area contributed by atoms with Crippen LogP contribution in [-0.2, 0) is 29.6 Å². The average Bonchev–Trinajstić information content (AvgIpc) is 3.29. The predicted octanol–water partition coefficient (Wildman–Crippen LogP) is 7.04. The minimum Gasteiger partial charge on any atom is -0.460 e. The molecule has 3 aromatic rings. The summed E-state index contributed by atoms with van der Waals surface area (Å²) in [5.41, 5.74) is 3.87. The zero-order valence-corrected chi connectivity index (χ0v) is 24.1. The van der Waals surface area contributed by atoms with Crippen LogP contribution in [0.25, 0.3) is 11.1 Å². The number of esters is 1. The molecule has 0 unspecified atom stereocenters. The fourth-order valence-corrected chi connectivity index (χ4v) is 7.11. The molecule has 3 atom stereocenters. The van der Waals surface area contributed by atoms with Crippen molar-refractivity contribution in [3.8, 4) is 11.1 Å². The molecule has 5 nitrogen and oxygen atoms in total. The molecule has 0 radical (unpaired) electrons. The standard InChI is InChI=1S/C31H36O5S2/c1-22-10-17-27(18-11-22)38(33,34)35-20-26-16-19-28(29(26)30(32)36-31(2,3)4)37-21-23-12-14-25(15-13-23)24-8-6-5-7-9-24/h5-15,17-18,26,28-29H,16,19-21H2,1-4H3/t26-,28-,29-/m0/s1. The van der Waals surface area contributed by atoms with Gasteiger partial charge in [0.15, 0.2) is 0 Å². The lowest BCUT2D eigenvalue weighted by atomic mass is 9.96. The van der Waals surface area contributed by atoms with Gasteiger partial charge in [0.25, 0.3) is 10.1 Å². The first-order chi connectivity index (χ1) is 18.0. The van der Waals surface area contributed by atoms with E-state index in [0.29, 0.717) is 6.42 Å². The van der Waals surface area contributed by atoms with Crippen LogP contribution in [0, 0.1) is 18.8 Å². The maximum atomic E-state index is 13.3. The van der Waals surface area contributed by atoms with Gasteiger partial charge in [-0.1, -0.05) is 72.3 Å². The molecule has 0 N–H and O–H groups in total. The maximum Gasteiger partial charge on any atom is 0.310 e. The van der Waals surface area contributed by atoms with Crippen LogP contribution in [0.4, 0.5) is 0 Å². The highest BCUT2D eigenvalue weighted by atomic mass is 32.2. The molecule has 0 heterocycles. The largest absolute Gasteiger partial charge is 0.460 e. The van der Waals surface area contributed by atoms with E-state index < -0.39 is 21.6 Å². The van der Waals surface area contributed by atoms with Gasteiger partial charge in [-0.2, -0.15) is 20.2 Å². The number of thioether (sulfide) groups is 1. The fourth-order valence-electron chi connectivity index (χ4n) is 4.71. The van der Waals surface area contributed by atoms with Crippen LogP contribution in [0.3, 0.4) is 0 Å². The number of carbonyl (C=O) groups excluding carboxylic acids is 1. The lowest BCUT2D eigenvalue weighted by Crippen LogP contribution is -2.36. The SMILES string of the molecule is Cc1ccc(S(=O)(=O)OC[C@@H]2CC[C@H](SCc3ccc(-c4ccccc4)cc3)[C@H]2C(=O)OC(C)(C)C)cc1. The molecule has 1 aliphatic rings. The van der Waals surface area contributed by atoms with E-state index in [1.54, 1.807) is 36.0 Å². The lowest BCUT2D eigenvalue weighted by molar-refractivity contribution is -0.161. The minimum atomic E-state index is -3.91. The molecule has 4 rings (SSSR count). The van der Waals surface area contributed by atoms with Gasteiger partial charge in [0.05, 0.1) is 17.4 Å². The summed E-state index contributed by atoms with van der Waals surface area (Å²) in [6, 6.07) is 25.3. The van der Waals surface area contributed by atoms with Crippen LogP contribution in [0.1, 0.15) is 44.7 Å². The monoisotopic (exact) mass is 552 g/mol. The first-order valence-electron chi connectivity index (χ1n) is 13.0. The van der Waals surface area contributed by atoms with E-state index >= 15 is 0 Å². The molecule has 0 aromatic heterocycles. The highest BCUT2D eigenvalue weighted by Crippen LogP contribution is 2.42. The van der Waals surface area contributed by atoms with Crippen LogP contribution in [0.2, 0.25) is 0 Å². The van der Waals surface area contributed by atoms with E-state index in [4.69, 9.17) is 8.92 Å². The van der Waals surface area contributed by atoms with Gasteiger partial charge in [0, 0.05) is 11.0 Å². The second kappa shape index (κ2) is 12.1. The number of hydrogen-bond acceptors (Lipinski definition) is 6. The van der Waals surface area contributed by atoms with Gasteiger partial charge in [0.1, 0.15) is 5.60 Å². The number of carbonyl (C=O) groups is 1. The number of rotatable bonds is 9. The van der Waals surface area contributed by atoms with Crippen molar-refractivity contribution in [1.82, 2.24) is 0 Å². The van der Waals surface area contributed by atoms with Crippen LogP contribution >= 0.6 is 11.8 Å². The third-order valence-corrected chi connectivity index (χ3v) is 9.43. The third-order valence-electron chi connectivity index (χ3n) is 6.68. The zero-order valence-electron chi connectivity index (χ0n) is 22.4. The second-order valence-corrected chi connectivity index (χ2v) is 13.7. The van der Waals surface area contributed by atoms with Crippen molar-refractivity contribution in [1.29, 1.82) is 0 Å². The Morgan fingerprint density at radius 2 is 1.53 bits per heavy atom. The van der Waals surface area contributed by atoms with E-state index in [9.17, 15) is 13.2 Å². The fraction of sp³-hybridized carbons (Fsp3) is 0.387. The van der Waals surface area contributed by atoms with E-state index in [2.05, 4.69) is 36.4 Å². The molecule has 1 fully saturated rings. The Morgan fingerprint density at radius 1 is 0.895 bits per heavy atom. The van der Waals surface area contributed by atoms with Crippen molar-refractivity contribution in [3.63, 3.8) is 0 Å². The van der Waals surface area contributed by atoms with Crippen molar-refractivity contribution >= 4 is 27.8 Å². The summed E-state index contributed by atoms with van der Waals surface area (Å²) in [5, 5.41) is 0.0225. The summed E-state index contributed by atoms with van der Waals surface area (Å²) >= 11 is 1.73. The number of benzene rings is 3. The summed E-state index contributed by atoms with van der Waals surface area (Å²) in [6.45, 7) is 7.41. The molecule has 0 aliphatic heterocycles. The molecule has 0 bridgehead atoms. The highest BCUT2D eigenvalue weighted by Gasteiger charge is 2.44. The Hall–Kier alpha value is -2.61. The Kier molecular flexibility index (Phi) is 9.01. The Labute approximate surface area is 231 Å². The Morgan fingerprint density at radius 3 is 2.16 bits per heavy atom. The topological polar surface area (TPSA) is 69.7 Å². The third kappa shape index (κ3) is 7.49. The number of hydrogen-bond donors (Lipinski definition) is 0. The molecule has 1 aliphatic carbocycles. The van der Waals surface area contributed by atoms with Crippen LogP contribution in [0.15, 0.2) is 83.8 Å². The van der Waals surface area contributed by atoms with E-state index in [1.165, 1.54) is 16.7 Å². The van der Waals surface area contributed by atoms with Gasteiger partial charge < -0.3 is 4.74 Å². The van der Waals surface area contributed by atoms with Gasteiger partial charge in [-0.05, 0) is 75.3 Å². The Bertz CT molecular complexity index is 1310. The van der Waals surface area contributed by atoms with Crippen molar-refractivity contribution in [2.75, 3.05) is 6.61 Å². The molecular formula is C31H36O5S2. The molecule has 0 spiro atoms. The van der Waals surface area contributed by atoms with Gasteiger partial charge in [-0.3, -0.25) is 8.98 Å². The summed E-state index contributed by atoms with van der Waals surface area (Å²) in [6.07, 6.45) is 1.51. The van der Waals surface area contributed by atoms with Gasteiger partial charge in [-0.25, -0.2) is 0 Å². The zero-order chi connectivity index (χ0) is 27.3. The molecular weight excluding hydrogens is 516 g/mol. The van der Waals surface area contributed by atoms with E-state index in [-0.39, 0.29) is 28.6 Å². The molecule has 0 amide bonds. The van der Waals surface area contributed by atoms with Crippen molar-refractivity contribution < 1.29 is 22.1 Å². The first kappa shape index (κ1) is 28.4. The summed E-state index contributed by atoms with van der Waals surface area (Å²) in [5.74, 6) is -0.193. The van der Waals surface area contributed by atoms with E-state index in [0.717, 1.165) is 17.7 Å². The summed E-state index contributed by atoms with van der Waals surface area (Å²) in [4.78, 5) is 13.4. The predicted molar refractivity (Wildman–Crippen MR) is 153 cm³/mol. The molecule has 38 heavy (non-hydrogen) atoms. The van der Waals surface area contributed by atoms with Gasteiger partial charge in [0.2, 0.25) is 0 Å². The van der Waals surface area contributed by atoms with Gasteiger partial charge >= 0.3 is 5.97 Å². The quantitative estimate of drug-likeness (QED) is 0.210. The molecule has 202 valence electrons. The highest BCUT2D eigenvalue weighted by molar-refractivity contribution is 7.99. The van der Waals surface area contributed by atoms with Crippen LogP contribution in [-0.4, -0.2) is 31.8 Å². The number of ether oxygens (including phenoxy) is 1. The van der Waals surface area contributed by atoms with Crippen molar-refractivity contribution in [2.24, 2.45) is 11.8 Å². The molecule has 0 saturated heterocycles. The van der Waals surface area contributed by atoms with Gasteiger partial charge in [-0.15, -0.1) is 0 Å². The first-order valence-corrected chi connectivity index (χ1v) is 15.4. The summed E-state index contributed by atoms with van der Waals surface area (Å²) < 4.78 is 36.8. The number of aryl methyl sites for hydroxylation is 1. The van der Waals surface area contributed by atoms with Crippen LogP contribution in [0.5, 0.6) is 0 Å². The van der Waals surface area contributed by atoms with Crippen molar-refractivity contribution in [3.05, 3.63) is 90.0 Å². The Balaban J connectivity index is 1.43. The molecule has 3 aromatic carbocycles. The maximum absolute atomic E-state index is 13.3. The molecule has 7 heteroatoms. The average molecular weight is 553 g/mol. The molecule has 1 saturated carbocycles. The minimum absolute atomic E-state index is 0.0225. The normalized spacial score (nSPS) is 19.8. The van der Waals surface area contributed by atoms with Crippen molar-refractivity contribution in [2.45, 2.75) is 62.0 Å². The van der Waals surface area contributed by atoms with E-state index in [1.807, 2.05) is 45.9 Å². The lowest BCUT2D eigenvalue weighted by Gasteiger charge is -2.28. The second-order valence-electron chi connectivity index (χ2n) is 10.9. The smallest absolute Gasteiger partial charge is 0.310 e. The van der Waals surface area contributed by atoms with Crippen LogP contribution < -0.4 is 0 Å². The summed E-state index contributed by atoms with van der Waals surface area (Å²) in [7, 11) is -3.91.